The minimum absolute atomic E-state index is 0.323. The highest BCUT2D eigenvalue weighted by molar-refractivity contribution is 7.64. The van der Waals surface area contributed by atoms with Gasteiger partial charge in [-0.1, -0.05) is 30.7 Å². The first-order valence-corrected chi connectivity index (χ1v) is 10.2. The van der Waals surface area contributed by atoms with Crippen LogP contribution in [0.3, 0.4) is 0 Å². The van der Waals surface area contributed by atoms with Gasteiger partial charge >= 0.3 is 6.00 Å². The minimum Gasteiger partial charge on any atom is -0.126 e. The highest BCUT2D eigenvalue weighted by atomic mass is 35.8. The van der Waals surface area contributed by atoms with E-state index in [1.54, 1.807) is 0 Å². The number of halogens is 3. The van der Waals surface area contributed by atoms with Gasteiger partial charge in [-0.25, -0.2) is 0 Å². The first-order chi connectivity index (χ1) is 6.79. The van der Waals surface area contributed by atoms with Gasteiger partial charge in [0, 0.05) is 0 Å². The lowest BCUT2D eigenvalue weighted by atomic mass is 9.96. The molecular formula is C11H15Cl3Si. The molecule has 0 radical (unpaired) electrons. The zero-order chi connectivity index (χ0) is 11.6. The topological polar surface area (TPSA) is 0 Å². The molecule has 0 nitrogen and oxygen atoms in total. The Morgan fingerprint density at radius 1 is 1.20 bits per heavy atom. The predicted octanol–water partition coefficient (Wildman–Crippen LogP) is 5.06. The molecule has 0 aliphatic carbocycles. The Morgan fingerprint density at radius 3 is 2.33 bits per heavy atom. The van der Waals surface area contributed by atoms with Crippen LogP contribution >= 0.6 is 33.2 Å². The third-order valence-electron chi connectivity index (χ3n) is 2.50. The fourth-order valence-electron chi connectivity index (χ4n) is 1.75. The Morgan fingerprint density at radius 2 is 1.80 bits per heavy atom. The molecule has 0 saturated carbocycles. The van der Waals surface area contributed by atoms with E-state index in [-0.39, 0.29) is 0 Å². The quantitative estimate of drug-likeness (QED) is 0.536. The van der Waals surface area contributed by atoms with E-state index >= 15 is 0 Å². The summed E-state index contributed by atoms with van der Waals surface area (Å²) in [6, 6.07) is 4.58. The molecule has 4 heteroatoms. The van der Waals surface area contributed by atoms with Crippen molar-refractivity contribution in [3.05, 3.63) is 34.9 Å². The lowest BCUT2D eigenvalue weighted by molar-refractivity contribution is 0.847. The van der Waals surface area contributed by atoms with Crippen LogP contribution < -0.4 is 0 Å². The van der Waals surface area contributed by atoms with Crippen LogP contribution in [0, 0.1) is 13.8 Å². The number of benzene rings is 1. The van der Waals surface area contributed by atoms with Gasteiger partial charge in [0.05, 0.1) is 0 Å². The molecular weight excluding hydrogens is 267 g/mol. The second-order valence-corrected chi connectivity index (χ2v) is 13.3. The summed E-state index contributed by atoms with van der Waals surface area (Å²) in [5.41, 5.74) is 3.83. The summed E-state index contributed by atoms with van der Waals surface area (Å²) in [6.07, 6.45) is 0. The van der Waals surface area contributed by atoms with Crippen LogP contribution in [0.4, 0.5) is 0 Å². The van der Waals surface area contributed by atoms with Crippen LogP contribution in [0.2, 0.25) is 6.04 Å². The van der Waals surface area contributed by atoms with Gasteiger partial charge in [-0.05, 0) is 36.9 Å². The van der Waals surface area contributed by atoms with Crippen LogP contribution in [0.15, 0.2) is 18.2 Å². The molecule has 1 aromatic carbocycles. The molecule has 0 saturated heterocycles. The Balaban J connectivity index is 2.90. The van der Waals surface area contributed by atoms with E-state index in [0.29, 0.717) is 12.0 Å². The van der Waals surface area contributed by atoms with Crippen molar-refractivity contribution < 1.29 is 0 Å². The molecule has 1 rings (SSSR count). The molecule has 84 valence electrons. The predicted molar refractivity (Wildman–Crippen MR) is 72.5 cm³/mol. The van der Waals surface area contributed by atoms with Crippen molar-refractivity contribution in [1.82, 2.24) is 0 Å². The van der Waals surface area contributed by atoms with Gasteiger partial charge in [0.2, 0.25) is 0 Å². The van der Waals surface area contributed by atoms with Crippen molar-refractivity contribution in [3.8, 4) is 0 Å². The number of hydrogen-bond donors (Lipinski definition) is 0. The van der Waals surface area contributed by atoms with Gasteiger partial charge < -0.3 is 0 Å². The lowest BCUT2D eigenvalue weighted by Crippen LogP contribution is -2.13. The molecule has 15 heavy (non-hydrogen) atoms. The Hall–Kier alpha value is 0.307. The normalized spacial score (nSPS) is 14.0. The van der Waals surface area contributed by atoms with Gasteiger partial charge in [-0.2, -0.15) is 0 Å². The van der Waals surface area contributed by atoms with Crippen molar-refractivity contribution >= 4 is 39.2 Å². The lowest BCUT2D eigenvalue weighted by Gasteiger charge is -2.18. The zero-order valence-electron chi connectivity index (χ0n) is 9.15. The van der Waals surface area contributed by atoms with Crippen molar-refractivity contribution in [2.24, 2.45) is 0 Å². The molecule has 0 bridgehead atoms. The summed E-state index contributed by atoms with van der Waals surface area (Å²) in [7, 11) is 0. The van der Waals surface area contributed by atoms with Crippen LogP contribution in [-0.2, 0) is 0 Å². The van der Waals surface area contributed by atoms with Crippen LogP contribution in [0.1, 0.15) is 29.5 Å². The van der Waals surface area contributed by atoms with E-state index in [9.17, 15) is 0 Å². The van der Waals surface area contributed by atoms with Crippen molar-refractivity contribution in [3.63, 3.8) is 0 Å². The number of hydrogen-bond acceptors (Lipinski definition) is 0. The van der Waals surface area contributed by atoms with E-state index < -0.39 is 6.00 Å². The second kappa shape index (κ2) is 5.09. The maximum absolute atomic E-state index is 5.94. The summed E-state index contributed by atoms with van der Waals surface area (Å²) in [6.45, 7) is 6.31. The Labute approximate surface area is 107 Å². The zero-order valence-corrected chi connectivity index (χ0v) is 12.4. The molecule has 0 N–H and O–H groups in total. The van der Waals surface area contributed by atoms with Crippen LogP contribution in [0.5, 0.6) is 0 Å². The average molecular weight is 282 g/mol. The van der Waals surface area contributed by atoms with E-state index in [1.165, 1.54) is 16.7 Å². The first kappa shape index (κ1) is 13.4. The fourth-order valence-corrected chi connectivity index (χ4v) is 4.75. The second-order valence-electron chi connectivity index (χ2n) is 4.08. The van der Waals surface area contributed by atoms with E-state index in [4.69, 9.17) is 33.2 Å². The largest absolute Gasteiger partial charge is 0.342 e. The summed E-state index contributed by atoms with van der Waals surface area (Å²) >= 11 is 17.8. The van der Waals surface area contributed by atoms with Crippen LogP contribution in [-0.4, -0.2) is 6.00 Å². The molecule has 1 atom stereocenters. The molecule has 0 aliphatic rings. The van der Waals surface area contributed by atoms with Gasteiger partial charge in [-0.3, -0.25) is 0 Å². The summed E-state index contributed by atoms with van der Waals surface area (Å²) < 4.78 is 0. The smallest absolute Gasteiger partial charge is 0.126 e. The van der Waals surface area contributed by atoms with Gasteiger partial charge in [0.1, 0.15) is 0 Å². The summed E-state index contributed by atoms with van der Waals surface area (Å²) in [5.74, 6) is 0.323. The average Bonchev–Trinajstić information content (AvgIpc) is 2.06. The SMILES string of the molecule is Cc1ccc(C)c(C(C)C[Si](Cl)(Cl)Cl)c1. The van der Waals surface area contributed by atoms with E-state index in [1.807, 2.05) is 0 Å². The third-order valence-corrected chi connectivity index (χ3v) is 4.97. The third kappa shape index (κ3) is 4.35. The van der Waals surface area contributed by atoms with Crippen molar-refractivity contribution in [2.45, 2.75) is 32.7 Å². The molecule has 0 aromatic heterocycles. The number of aryl methyl sites for hydroxylation is 2. The molecule has 1 unspecified atom stereocenters. The van der Waals surface area contributed by atoms with Gasteiger partial charge in [0.15, 0.2) is 0 Å². The van der Waals surface area contributed by atoms with Crippen molar-refractivity contribution in [1.29, 1.82) is 0 Å². The molecule has 0 amide bonds. The van der Waals surface area contributed by atoms with E-state index in [2.05, 4.69) is 39.0 Å². The molecule has 0 heterocycles. The Kier molecular flexibility index (Phi) is 4.54. The maximum Gasteiger partial charge on any atom is 0.342 e. The molecule has 0 aliphatic heterocycles. The van der Waals surface area contributed by atoms with E-state index in [0.717, 1.165) is 0 Å². The van der Waals surface area contributed by atoms with Gasteiger partial charge in [0.25, 0.3) is 0 Å². The number of rotatable bonds is 3. The maximum atomic E-state index is 5.94. The monoisotopic (exact) mass is 280 g/mol. The highest BCUT2D eigenvalue weighted by Gasteiger charge is 2.28. The fraction of sp³-hybridized carbons (Fsp3) is 0.455. The molecule has 0 fully saturated rings. The summed E-state index contributed by atoms with van der Waals surface area (Å²) in [5, 5.41) is 0. The minimum atomic E-state index is -2.53. The molecule has 1 aromatic rings. The van der Waals surface area contributed by atoms with Gasteiger partial charge in [-0.15, -0.1) is 33.2 Å². The van der Waals surface area contributed by atoms with Crippen molar-refractivity contribution in [2.75, 3.05) is 0 Å². The highest BCUT2D eigenvalue weighted by Crippen LogP contribution is 2.35. The first-order valence-electron chi connectivity index (χ1n) is 4.93. The van der Waals surface area contributed by atoms with Crippen LogP contribution in [0.25, 0.3) is 0 Å². The molecule has 0 spiro atoms. The Bertz CT molecular complexity index is 344. The standard InChI is InChI=1S/C11H15Cl3Si/c1-8-4-5-9(2)11(6-8)10(3)7-15(12,13)14/h4-6,10H,7H2,1-3H3. The summed E-state index contributed by atoms with van der Waals surface area (Å²) in [4.78, 5) is 0.